The molecule has 0 aromatic heterocycles. The number of nitrogens with one attached hydrogen (secondary N) is 1. The van der Waals surface area contributed by atoms with Crippen molar-refractivity contribution < 1.29 is 14.6 Å². The predicted octanol–water partition coefficient (Wildman–Crippen LogP) is 3.13. The Labute approximate surface area is 130 Å². The van der Waals surface area contributed by atoms with Crippen LogP contribution in [-0.4, -0.2) is 11.0 Å². The molecule has 0 saturated heterocycles. The van der Waals surface area contributed by atoms with Crippen LogP contribution >= 0.6 is 0 Å². The number of hydrogen-bond donors (Lipinski definition) is 2. The number of hydrogen-bond acceptors (Lipinski definition) is 3. The fourth-order valence-corrected chi connectivity index (χ4v) is 2.27. The lowest BCUT2D eigenvalue weighted by Gasteiger charge is -2.25. The third kappa shape index (κ3) is 4.09. The van der Waals surface area contributed by atoms with Crippen LogP contribution in [0, 0.1) is 0 Å². The average Bonchev–Trinajstić information content (AvgIpc) is 2.47. The molecule has 2 rings (SSSR count). The van der Waals surface area contributed by atoms with Gasteiger partial charge in [-0.3, -0.25) is 4.79 Å². The second-order valence-corrected chi connectivity index (χ2v) is 5.45. The molecule has 1 amide bonds. The molecular weight excluding hydrogens is 278 g/mol. The second kappa shape index (κ2) is 6.62. The van der Waals surface area contributed by atoms with Crippen LogP contribution in [0.25, 0.3) is 0 Å². The van der Waals surface area contributed by atoms with Crippen molar-refractivity contribution in [1.82, 2.24) is 5.32 Å². The molecule has 2 aromatic rings. The molecule has 4 nitrogen and oxygen atoms in total. The summed E-state index contributed by atoms with van der Waals surface area (Å²) in [7, 11) is 0. The van der Waals surface area contributed by atoms with E-state index in [9.17, 15) is 9.90 Å². The zero-order valence-corrected chi connectivity index (χ0v) is 13.0. The third-order valence-electron chi connectivity index (χ3n) is 3.42. The highest BCUT2D eigenvalue weighted by atomic mass is 16.5. The van der Waals surface area contributed by atoms with Gasteiger partial charge in [-0.2, -0.15) is 0 Å². The minimum Gasteiger partial charge on any atom is -0.486 e. The van der Waals surface area contributed by atoms with Crippen LogP contribution in [0.4, 0.5) is 0 Å². The van der Waals surface area contributed by atoms with Gasteiger partial charge in [0.15, 0.2) is 5.72 Å². The van der Waals surface area contributed by atoms with Crippen molar-refractivity contribution in [2.75, 3.05) is 0 Å². The van der Waals surface area contributed by atoms with Gasteiger partial charge in [-0.15, -0.1) is 0 Å². The normalized spacial score (nSPS) is 14.7. The first-order valence-electron chi connectivity index (χ1n) is 7.22. The maximum atomic E-state index is 11.1. The van der Waals surface area contributed by atoms with E-state index in [1.807, 2.05) is 37.3 Å². The monoisotopic (exact) mass is 299 g/mol. The van der Waals surface area contributed by atoms with Crippen molar-refractivity contribution in [3.63, 3.8) is 0 Å². The third-order valence-corrected chi connectivity index (χ3v) is 3.42. The van der Waals surface area contributed by atoms with Crippen LogP contribution in [0.2, 0.25) is 0 Å². The lowest BCUT2D eigenvalue weighted by Crippen LogP contribution is -2.42. The van der Waals surface area contributed by atoms with E-state index in [1.54, 1.807) is 24.3 Å². The molecule has 2 atom stereocenters. The second-order valence-electron chi connectivity index (χ2n) is 5.45. The van der Waals surface area contributed by atoms with Gasteiger partial charge in [0, 0.05) is 12.5 Å². The van der Waals surface area contributed by atoms with E-state index >= 15 is 0 Å². The van der Waals surface area contributed by atoms with Gasteiger partial charge in [0.1, 0.15) is 11.9 Å². The highest BCUT2D eigenvalue weighted by Gasteiger charge is 2.23. The van der Waals surface area contributed by atoms with Gasteiger partial charge in [-0.25, -0.2) is 0 Å². The number of carbonyl (C=O) groups excluding carboxylic acids is 1. The molecule has 0 aliphatic heterocycles. The van der Waals surface area contributed by atoms with E-state index < -0.39 is 5.72 Å². The highest BCUT2D eigenvalue weighted by molar-refractivity contribution is 5.73. The van der Waals surface area contributed by atoms with E-state index in [0.29, 0.717) is 11.3 Å². The Balaban J connectivity index is 2.08. The van der Waals surface area contributed by atoms with Gasteiger partial charge in [-0.05, 0) is 31.5 Å². The molecule has 2 unspecified atom stereocenters. The van der Waals surface area contributed by atoms with Crippen molar-refractivity contribution in [2.24, 2.45) is 0 Å². The van der Waals surface area contributed by atoms with E-state index in [0.717, 1.165) is 5.56 Å². The Bertz CT molecular complexity index is 621. The van der Waals surface area contributed by atoms with E-state index in [-0.39, 0.29) is 12.0 Å². The molecule has 0 heterocycles. The fraction of sp³-hybridized carbons (Fsp3) is 0.278. The average molecular weight is 299 g/mol. The number of aliphatic hydroxyl groups is 1. The molecule has 0 spiro atoms. The van der Waals surface area contributed by atoms with Crippen LogP contribution < -0.4 is 10.1 Å². The molecule has 0 aliphatic carbocycles. The Morgan fingerprint density at radius 3 is 2.27 bits per heavy atom. The summed E-state index contributed by atoms with van der Waals surface area (Å²) >= 11 is 0. The lowest BCUT2D eigenvalue weighted by molar-refractivity contribution is -0.126. The molecule has 2 N–H and O–H groups in total. The summed E-state index contributed by atoms with van der Waals surface area (Å²) in [6, 6.07) is 17.0. The molecule has 0 fully saturated rings. The maximum absolute atomic E-state index is 11.1. The van der Waals surface area contributed by atoms with Crippen molar-refractivity contribution in [2.45, 2.75) is 32.6 Å². The maximum Gasteiger partial charge on any atom is 0.219 e. The number of carbonyl (C=O) groups is 1. The largest absolute Gasteiger partial charge is 0.486 e. The predicted molar refractivity (Wildman–Crippen MR) is 85.3 cm³/mol. The molecule has 0 bridgehead atoms. The van der Waals surface area contributed by atoms with Gasteiger partial charge in [0.2, 0.25) is 5.91 Å². The first-order chi connectivity index (χ1) is 10.4. The SMILES string of the molecule is CC(=O)NC(C)(O)c1ccc(OC(C)c2ccccc2)cc1. The van der Waals surface area contributed by atoms with Crippen LogP contribution in [0.1, 0.15) is 38.0 Å². The van der Waals surface area contributed by atoms with Gasteiger partial charge in [0.05, 0.1) is 0 Å². The van der Waals surface area contributed by atoms with Gasteiger partial charge in [0.25, 0.3) is 0 Å². The topological polar surface area (TPSA) is 58.6 Å². The van der Waals surface area contributed by atoms with Crippen LogP contribution in [0.5, 0.6) is 5.75 Å². The Hall–Kier alpha value is -2.33. The van der Waals surface area contributed by atoms with Crippen LogP contribution in [0.15, 0.2) is 54.6 Å². The molecular formula is C18H21NO3. The van der Waals surface area contributed by atoms with Crippen LogP contribution in [0.3, 0.4) is 0 Å². The lowest BCUT2D eigenvalue weighted by atomic mass is 10.0. The Morgan fingerprint density at radius 2 is 1.73 bits per heavy atom. The zero-order chi connectivity index (χ0) is 16.2. The summed E-state index contributed by atoms with van der Waals surface area (Å²) in [5.41, 5.74) is 0.300. The van der Waals surface area contributed by atoms with Gasteiger partial charge < -0.3 is 15.2 Å². The number of benzene rings is 2. The zero-order valence-electron chi connectivity index (χ0n) is 13.0. The molecule has 0 aliphatic rings. The molecule has 2 aromatic carbocycles. The van der Waals surface area contributed by atoms with Crippen molar-refractivity contribution in [3.05, 3.63) is 65.7 Å². The number of amides is 1. The fourth-order valence-electron chi connectivity index (χ4n) is 2.27. The molecule has 0 saturated carbocycles. The van der Waals surface area contributed by atoms with Crippen molar-refractivity contribution >= 4 is 5.91 Å². The summed E-state index contributed by atoms with van der Waals surface area (Å²) in [6.07, 6.45) is -0.0668. The summed E-state index contributed by atoms with van der Waals surface area (Å²) in [5, 5.41) is 12.7. The van der Waals surface area contributed by atoms with Crippen molar-refractivity contribution in [3.8, 4) is 5.75 Å². The smallest absolute Gasteiger partial charge is 0.219 e. The van der Waals surface area contributed by atoms with E-state index in [4.69, 9.17) is 4.74 Å². The van der Waals surface area contributed by atoms with Gasteiger partial charge in [-0.1, -0.05) is 42.5 Å². The first-order valence-corrected chi connectivity index (χ1v) is 7.22. The number of rotatable bonds is 5. The molecule has 0 radical (unpaired) electrons. The minimum atomic E-state index is -1.39. The quantitative estimate of drug-likeness (QED) is 0.834. The minimum absolute atomic E-state index is 0.0668. The Morgan fingerprint density at radius 1 is 1.14 bits per heavy atom. The van der Waals surface area contributed by atoms with E-state index in [1.165, 1.54) is 13.8 Å². The summed E-state index contributed by atoms with van der Waals surface area (Å²) in [6.45, 7) is 4.89. The molecule has 116 valence electrons. The standard InChI is InChI=1S/C18H21NO3/c1-13(15-7-5-4-6-8-15)22-17-11-9-16(10-12-17)18(3,21)19-14(2)20/h4-13,21H,1-3H3,(H,19,20). The Kier molecular flexibility index (Phi) is 4.83. The summed E-state index contributed by atoms with van der Waals surface area (Å²) in [5.74, 6) is 0.418. The summed E-state index contributed by atoms with van der Waals surface area (Å²) < 4.78 is 5.88. The summed E-state index contributed by atoms with van der Waals surface area (Å²) in [4.78, 5) is 11.1. The molecule has 4 heteroatoms. The van der Waals surface area contributed by atoms with Crippen LogP contribution in [-0.2, 0) is 10.5 Å². The first kappa shape index (κ1) is 16.0. The van der Waals surface area contributed by atoms with E-state index in [2.05, 4.69) is 5.32 Å². The highest BCUT2D eigenvalue weighted by Crippen LogP contribution is 2.24. The molecule has 22 heavy (non-hydrogen) atoms. The van der Waals surface area contributed by atoms with Crippen molar-refractivity contribution in [1.29, 1.82) is 0 Å². The van der Waals surface area contributed by atoms with Gasteiger partial charge >= 0.3 is 0 Å². The number of ether oxygens (including phenoxy) is 1.